The maximum Gasteiger partial charge on any atom is 0.254 e. The number of aromatic nitrogens is 1. The van der Waals surface area contributed by atoms with E-state index in [2.05, 4.69) is 4.98 Å². The molecule has 1 aromatic heterocycles. The summed E-state index contributed by atoms with van der Waals surface area (Å²) in [5.74, 6) is 0.150. The number of carbonyl (C=O) groups excluding carboxylic acids is 1. The van der Waals surface area contributed by atoms with Crippen molar-refractivity contribution in [3.63, 3.8) is 0 Å². The highest BCUT2D eigenvalue weighted by Gasteiger charge is 2.29. The molecule has 0 saturated heterocycles. The van der Waals surface area contributed by atoms with Crippen LogP contribution in [0.1, 0.15) is 56.2 Å². The minimum Gasteiger partial charge on any atom is -0.332 e. The first-order valence-corrected chi connectivity index (χ1v) is 6.42. The summed E-state index contributed by atoms with van der Waals surface area (Å²) < 4.78 is 0. The smallest absolute Gasteiger partial charge is 0.254 e. The Hall–Kier alpha value is -1.38. The van der Waals surface area contributed by atoms with E-state index in [9.17, 15) is 4.79 Å². The lowest BCUT2D eigenvalue weighted by Gasteiger charge is -2.19. The third-order valence-corrected chi connectivity index (χ3v) is 2.86. The van der Waals surface area contributed by atoms with E-state index in [0.29, 0.717) is 6.54 Å². The highest BCUT2D eigenvalue weighted by Crippen LogP contribution is 2.24. The van der Waals surface area contributed by atoms with Crippen LogP contribution in [-0.2, 0) is 13.0 Å². The summed E-state index contributed by atoms with van der Waals surface area (Å²) in [4.78, 5) is 18.2. The largest absolute Gasteiger partial charge is 0.332 e. The van der Waals surface area contributed by atoms with Crippen molar-refractivity contribution in [3.8, 4) is 0 Å². The molecule has 2 rings (SSSR count). The van der Waals surface area contributed by atoms with E-state index < -0.39 is 0 Å². The van der Waals surface area contributed by atoms with Crippen molar-refractivity contribution in [1.29, 1.82) is 0 Å². The first-order chi connectivity index (χ1) is 8.13. The van der Waals surface area contributed by atoms with E-state index in [1.807, 2.05) is 51.8 Å². The highest BCUT2D eigenvalue weighted by molar-refractivity contribution is 5.98. The average Bonchev–Trinajstić information content (AvgIpc) is 2.69. The second-order valence-corrected chi connectivity index (χ2v) is 4.21. The molecule has 3 heteroatoms. The van der Waals surface area contributed by atoms with Gasteiger partial charge < -0.3 is 4.90 Å². The zero-order chi connectivity index (χ0) is 13.0. The molecule has 0 atom stereocenters. The number of rotatable bonds is 2. The van der Waals surface area contributed by atoms with Crippen molar-refractivity contribution in [2.24, 2.45) is 0 Å². The fourth-order valence-corrected chi connectivity index (χ4v) is 1.87. The Morgan fingerprint density at radius 3 is 2.59 bits per heavy atom. The zero-order valence-electron chi connectivity index (χ0n) is 11.4. The number of hydrogen-bond donors (Lipinski definition) is 0. The van der Waals surface area contributed by atoms with Crippen LogP contribution in [0.15, 0.2) is 12.3 Å². The van der Waals surface area contributed by atoms with Crippen LogP contribution in [0.5, 0.6) is 0 Å². The summed E-state index contributed by atoms with van der Waals surface area (Å²) in [5.41, 5.74) is 2.90. The van der Waals surface area contributed by atoms with Crippen molar-refractivity contribution in [2.45, 2.75) is 53.6 Å². The molecule has 2 heterocycles. The standard InChI is InChI=1S/C12H16N2O.C2H6/c1-4-10-5-11-9(6-13-10)7-14(8(2)3)12(11)15;1-2/h5-6,8H,4,7H2,1-3H3;1-2H3. The lowest BCUT2D eigenvalue weighted by Crippen LogP contribution is -2.30. The van der Waals surface area contributed by atoms with Crippen molar-refractivity contribution in [2.75, 3.05) is 0 Å². The minimum absolute atomic E-state index is 0.150. The second kappa shape index (κ2) is 5.80. The second-order valence-electron chi connectivity index (χ2n) is 4.21. The zero-order valence-corrected chi connectivity index (χ0v) is 11.4. The molecule has 1 aliphatic rings. The molecule has 0 N–H and O–H groups in total. The fraction of sp³-hybridized carbons (Fsp3) is 0.571. The summed E-state index contributed by atoms with van der Waals surface area (Å²) >= 11 is 0. The molecule has 0 aliphatic carbocycles. The molecule has 3 nitrogen and oxygen atoms in total. The third-order valence-electron chi connectivity index (χ3n) is 2.86. The maximum atomic E-state index is 12.0. The van der Waals surface area contributed by atoms with Gasteiger partial charge in [0.15, 0.2) is 0 Å². The van der Waals surface area contributed by atoms with Crippen molar-refractivity contribution < 1.29 is 4.79 Å². The van der Waals surface area contributed by atoms with Crippen molar-refractivity contribution >= 4 is 5.91 Å². The van der Waals surface area contributed by atoms with Crippen LogP contribution >= 0.6 is 0 Å². The molecule has 1 aromatic rings. The first kappa shape index (κ1) is 13.7. The predicted octanol–water partition coefficient (Wildman–Crippen LogP) is 3.03. The molecule has 0 fully saturated rings. The Kier molecular flexibility index (Phi) is 4.67. The van der Waals surface area contributed by atoms with E-state index in [4.69, 9.17) is 0 Å². The molecule has 0 radical (unpaired) electrons. The Bertz CT molecular complexity index is 399. The Morgan fingerprint density at radius 2 is 2.06 bits per heavy atom. The van der Waals surface area contributed by atoms with Gasteiger partial charge in [0.2, 0.25) is 0 Å². The monoisotopic (exact) mass is 234 g/mol. The van der Waals surface area contributed by atoms with Crippen LogP contribution in [0, 0.1) is 0 Å². The topological polar surface area (TPSA) is 33.2 Å². The summed E-state index contributed by atoms with van der Waals surface area (Å²) in [6, 6.07) is 2.19. The number of amides is 1. The fourth-order valence-electron chi connectivity index (χ4n) is 1.87. The van der Waals surface area contributed by atoms with E-state index in [-0.39, 0.29) is 11.9 Å². The van der Waals surface area contributed by atoms with Gasteiger partial charge >= 0.3 is 0 Å². The number of pyridine rings is 1. The van der Waals surface area contributed by atoms with E-state index >= 15 is 0 Å². The molecular weight excluding hydrogens is 212 g/mol. The summed E-state index contributed by atoms with van der Waals surface area (Å²) in [5, 5.41) is 0. The average molecular weight is 234 g/mol. The Labute approximate surface area is 104 Å². The number of fused-ring (bicyclic) bond motifs is 1. The first-order valence-electron chi connectivity index (χ1n) is 6.42. The molecule has 94 valence electrons. The number of aryl methyl sites for hydroxylation is 1. The van der Waals surface area contributed by atoms with Gasteiger partial charge in [-0.3, -0.25) is 9.78 Å². The molecule has 1 amide bonds. The lowest BCUT2D eigenvalue weighted by atomic mass is 10.1. The van der Waals surface area contributed by atoms with Crippen LogP contribution in [0.3, 0.4) is 0 Å². The maximum absolute atomic E-state index is 12.0. The SMILES string of the molecule is CC.CCc1cc2c(cn1)CN(C(C)C)C2=O. The van der Waals surface area contributed by atoms with Crippen LogP contribution in [0.2, 0.25) is 0 Å². The summed E-state index contributed by atoms with van der Waals surface area (Å²) in [6.45, 7) is 10.8. The molecule has 0 spiro atoms. The van der Waals surface area contributed by atoms with Gasteiger partial charge in [0, 0.05) is 35.6 Å². The van der Waals surface area contributed by atoms with E-state index in [0.717, 1.165) is 23.2 Å². The minimum atomic E-state index is 0.150. The molecule has 0 aromatic carbocycles. The van der Waals surface area contributed by atoms with Gasteiger partial charge in [0.25, 0.3) is 5.91 Å². The van der Waals surface area contributed by atoms with Crippen molar-refractivity contribution in [1.82, 2.24) is 9.88 Å². The third kappa shape index (κ3) is 2.65. The van der Waals surface area contributed by atoms with Gasteiger partial charge in [-0.25, -0.2) is 0 Å². The predicted molar refractivity (Wildman–Crippen MR) is 70.0 cm³/mol. The highest BCUT2D eigenvalue weighted by atomic mass is 16.2. The summed E-state index contributed by atoms with van der Waals surface area (Å²) in [7, 11) is 0. The number of nitrogens with zero attached hydrogens (tertiary/aromatic N) is 2. The van der Waals surface area contributed by atoms with Crippen molar-refractivity contribution in [3.05, 3.63) is 29.1 Å². The van der Waals surface area contributed by atoms with Crippen LogP contribution in [0.4, 0.5) is 0 Å². The quantitative estimate of drug-likeness (QED) is 0.788. The summed E-state index contributed by atoms with van der Waals surface area (Å²) in [6.07, 6.45) is 2.72. The molecular formula is C14H22N2O. The molecule has 17 heavy (non-hydrogen) atoms. The van der Waals surface area contributed by atoms with Crippen LogP contribution < -0.4 is 0 Å². The van der Waals surface area contributed by atoms with Gasteiger partial charge in [0.1, 0.15) is 0 Å². The van der Waals surface area contributed by atoms with Gasteiger partial charge in [-0.15, -0.1) is 0 Å². The van der Waals surface area contributed by atoms with Crippen LogP contribution in [-0.4, -0.2) is 21.8 Å². The van der Waals surface area contributed by atoms with Gasteiger partial charge in [-0.1, -0.05) is 20.8 Å². The molecule has 0 saturated carbocycles. The van der Waals surface area contributed by atoms with Gasteiger partial charge in [0.05, 0.1) is 0 Å². The Morgan fingerprint density at radius 1 is 1.41 bits per heavy atom. The van der Waals surface area contributed by atoms with Crippen LogP contribution in [0.25, 0.3) is 0 Å². The molecule has 0 unspecified atom stereocenters. The molecule has 1 aliphatic heterocycles. The lowest BCUT2D eigenvalue weighted by molar-refractivity contribution is 0.0730. The normalized spacial score (nSPS) is 13.5. The number of carbonyl (C=O) groups is 1. The van der Waals surface area contributed by atoms with E-state index in [1.54, 1.807) is 0 Å². The molecule has 0 bridgehead atoms. The number of hydrogen-bond acceptors (Lipinski definition) is 2. The van der Waals surface area contributed by atoms with Gasteiger partial charge in [-0.2, -0.15) is 0 Å². The Balaban J connectivity index is 0.000000686. The van der Waals surface area contributed by atoms with Gasteiger partial charge in [-0.05, 0) is 26.3 Å². The van der Waals surface area contributed by atoms with E-state index in [1.165, 1.54) is 0 Å².